The molecule has 0 spiro atoms. The van der Waals surface area contributed by atoms with Gasteiger partial charge in [0, 0.05) is 11.6 Å². The van der Waals surface area contributed by atoms with Crippen LogP contribution in [0.3, 0.4) is 0 Å². The summed E-state index contributed by atoms with van der Waals surface area (Å²) in [5.74, 6) is -0.165. The molecule has 7 heteroatoms. The van der Waals surface area contributed by atoms with Gasteiger partial charge in [-0.25, -0.2) is 4.68 Å². The Morgan fingerprint density at radius 3 is 2.60 bits per heavy atom. The van der Waals surface area contributed by atoms with E-state index >= 15 is 0 Å². The van der Waals surface area contributed by atoms with Gasteiger partial charge in [0.15, 0.2) is 0 Å². The zero-order valence-corrected chi connectivity index (χ0v) is 11.4. The Hall–Kier alpha value is -2.28. The summed E-state index contributed by atoms with van der Waals surface area (Å²) in [6, 6.07) is 6.87. The van der Waals surface area contributed by atoms with E-state index in [1.807, 2.05) is 6.92 Å². The SMILES string of the molecule is CC(O)CC(C)NC(=O)c1ccc(-n2cnnn2)cc1. The number of rotatable bonds is 5. The van der Waals surface area contributed by atoms with Crippen molar-refractivity contribution in [1.82, 2.24) is 25.5 Å². The van der Waals surface area contributed by atoms with Crippen molar-refractivity contribution in [2.75, 3.05) is 0 Å². The first-order valence-corrected chi connectivity index (χ1v) is 6.38. The summed E-state index contributed by atoms with van der Waals surface area (Å²) in [7, 11) is 0. The van der Waals surface area contributed by atoms with E-state index in [4.69, 9.17) is 0 Å². The highest BCUT2D eigenvalue weighted by molar-refractivity contribution is 5.94. The van der Waals surface area contributed by atoms with Crippen molar-refractivity contribution in [3.05, 3.63) is 36.2 Å². The second-order valence-electron chi connectivity index (χ2n) is 4.76. The van der Waals surface area contributed by atoms with Gasteiger partial charge in [0.25, 0.3) is 5.91 Å². The van der Waals surface area contributed by atoms with E-state index in [0.29, 0.717) is 12.0 Å². The van der Waals surface area contributed by atoms with Gasteiger partial charge in [0.05, 0.1) is 11.8 Å². The summed E-state index contributed by atoms with van der Waals surface area (Å²) in [5.41, 5.74) is 1.34. The Morgan fingerprint density at radius 2 is 2.05 bits per heavy atom. The van der Waals surface area contributed by atoms with Gasteiger partial charge >= 0.3 is 0 Å². The van der Waals surface area contributed by atoms with Crippen molar-refractivity contribution in [2.24, 2.45) is 0 Å². The first kappa shape index (κ1) is 14.1. The van der Waals surface area contributed by atoms with E-state index in [2.05, 4.69) is 20.8 Å². The molecule has 0 aliphatic carbocycles. The van der Waals surface area contributed by atoms with Crippen LogP contribution >= 0.6 is 0 Å². The number of tetrazole rings is 1. The van der Waals surface area contributed by atoms with E-state index in [-0.39, 0.29) is 11.9 Å². The van der Waals surface area contributed by atoms with Gasteiger partial charge in [-0.1, -0.05) is 0 Å². The summed E-state index contributed by atoms with van der Waals surface area (Å²) in [4.78, 5) is 12.0. The van der Waals surface area contributed by atoms with Crippen molar-refractivity contribution in [3.63, 3.8) is 0 Å². The van der Waals surface area contributed by atoms with Crippen LogP contribution in [0.4, 0.5) is 0 Å². The quantitative estimate of drug-likeness (QED) is 0.831. The van der Waals surface area contributed by atoms with Gasteiger partial charge in [-0.3, -0.25) is 4.79 Å². The summed E-state index contributed by atoms with van der Waals surface area (Å²) >= 11 is 0. The van der Waals surface area contributed by atoms with E-state index < -0.39 is 6.10 Å². The molecule has 0 radical (unpaired) electrons. The lowest BCUT2D eigenvalue weighted by Crippen LogP contribution is -2.34. The molecule has 2 N–H and O–H groups in total. The third kappa shape index (κ3) is 3.61. The molecule has 106 valence electrons. The van der Waals surface area contributed by atoms with Crippen LogP contribution < -0.4 is 5.32 Å². The lowest BCUT2D eigenvalue weighted by Gasteiger charge is -2.15. The summed E-state index contributed by atoms with van der Waals surface area (Å²) in [6.45, 7) is 3.56. The smallest absolute Gasteiger partial charge is 0.251 e. The maximum absolute atomic E-state index is 12.0. The molecule has 0 fully saturated rings. The fourth-order valence-electron chi connectivity index (χ4n) is 1.92. The average molecular weight is 275 g/mol. The van der Waals surface area contributed by atoms with E-state index in [1.165, 1.54) is 11.0 Å². The summed E-state index contributed by atoms with van der Waals surface area (Å²) in [5, 5.41) is 23.0. The molecule has 20 heavy (non-hydrogen) atoms. The van der Waals surface area contributed by atoms with Gasteiger partial charge in [-0.2, -0.15) is 0 Å². The van der Waals surface area contributed by atoms with Crippen LogP contribution in [0, 0.1) is 0 Å². The van der Waals surface area contributed by atoms with Gasteiger partial charge in [-0.05, 0) is 55.0 Å². The van der Waals surface area contributed by atoms with Gasteiger partial charge < -0.3 is 10.4 Å². The minimum absolute atomic E-state index is 0.0818. The van der Waals surface area contributed by atoms with Crippen LogP contribution in [0.2, 0.25) is 0 Å². The number of nitrogens with zero attached hydrogens (tertiary/aromatic N) is 4. The topological polar surface area (TPSA) is 92.9 Å². The molecule has 2 unspecified atom stereocenters. The second kappa shape index (κ2) is 6.25. The van der Waals surface area contributed by atoms with Gasteiger partial charge in [0.2, 0.25) is 0 Å². The summed E-state index contributed by atoms with van der Waals surface area (Å²) in [6.07, 6.45) is 1.57. The molecule has 1 aromatic heterocycles. The molecular weight excluding hydrogens is 258 g/mol. The molecule has 0 aliphatic heterocycles. The standard InChI is InChI=1S/C13H17N5O2/c1-9(7-10(2)19)15-13(20)11-3-5-12(6-4-11)18-8-14-16-17-18/h3-6,8-10,19H,7H2,1-2H3,(H,15,20). The van der Waals surface area contributed by atoms with Crippen LogP contribution in [-0.4, -0.2) is 43.4 Å². The molecule has 2 atom stereocenters. The third-order valence-corrected chi connectivity index (χ3v) is 2.82. The number of carbonyl (C=O) groups is 1. The van der Waals surface area contributed by atoms with Crippen LogP contribution in [0.1, 0.15) is 30.6 Å². The van der Waals surface area contributed by atoms with Crippen molar-refractivity contribution >= 4 is 5.91 Å². The highest BCUT2D eigenvalue weighted by atomic mass is 16.3. The average Bonchev–Trinajstić information content (AvgIpc) is 2.91. The molecule has 2 rings (SSSR count). The highest BCUT2D eigenvalue weighted by Gasteiger charge is 2.11. The number of hydrogen-bond donors (Lipinski definition) is 2. The highest BCUT2D eigenvalue weighted by Crippen LogP contribution is 2.08. The molecule has 0 saturated heterocycles. The number of aliphatic hydroxyl groups is 1. The van der Waals surface area contributed by atoms with E-state index in [0.717, 1.165) is 5.69 Å². The third-order valence-electron chi connectivity index (χ3n) is 2.82. The Balaban J connectivity index is 2.01. The molecule has 1 amide bonds. The first-order valence-electron chi connectivity index (χ1n) is 6.38. The Labute approximate surface area is 116 Å². The van der Waals surface area contributed by atoms with Crippen molar-refractivity contribution in [1.29, 1.82) is 0 Å². The molecule has 0 bridgehead atoms. The molecular formula is C13H17N5O2. The van der Waals surface area contributed by atoms with Crippen molar-refractivity contribution in [3.8, 4) is 5.69 Å². The zero-order valence-electron chi connectivity index (χ0n) is 11.4. The molecule has 1 aromatic carbocycles. The number of nitrogens with one attached hydrogen (secondary N) is 1. The molecule has 7 nitrogen and oxygen atoms in total. The minimum Gasteiger partial charge on any atom is -0.393 e. The maximum Gasteiger partial charge on any atom is 0.251 e. The van der Waals surface area contributed by atoms with Crippen LogP contribution in [0.15, 0.2) is 30.6 Å². The number of amides is 1. The lowest BCUT2D eigenvalue weighted by atomic mass is 10.1. The predicted octanol–water partition coefficient (Wildman–Crippen LogP) is 0.551. The predicted molar refractivity (Wildman–Crippen MR) is 72.4 cm³/mol. The minimum atomic E-state index is -0.438. The van der Waals surface area contributed by atoms with Crippen molar-refractivity contribution in [2.45, 2.75) is 32.4 Å². The van der Waals surface area contributed by atoms with Crippen LogP contribution in [0.5, 0.6) is 0 Å². The fraction of sp³-hybridized carbons (Fsp3) is 0.385. The summed E-state index contributed by atoms with van der Waals surface area (Å²) < 4.78 is 1.51. The number of benzene rings is 1. The first-order chi connectivity index (χ1) is 9.56. The zero-order chi connectivity index (χ0) is 14.5. The number of aromatic nitrogens is 4. The number of aliphatic hydroxyl groups excluding tert-OH is 1. The van der Waals surface area contributed by atoms with Gasteiger partial charge in [0.1, 0.15) is 6.33 Å². The normalized spacial score (nSPS) is 13.8. The maximum atomic E-state index is 12.0. The monoisotopic (exact) mass is 275 g/mol. The van der Waals surface area contributed by atoms with Gasteiger partial charge in [-0.15, -0.1) is 5.10 Å². The molecule has 2 aromatic rings. The fourth-order valence-corrected chi connectivity index (χ4v) is 1.92. The number of carbonyl (C=O) groups excluding carboxylic acids is 1. The van der Waals surface area contributed by atoms with Crippen LogP contribution in [0.25, 0.3) is 5.69 Å². The largest absolute Gasteiger partial charge is 0.393 e. The Bertz CT molecular complexity index is 551. The Morgan fingerprint density at radius 1 is 1.35 bits per heavy atom. The van der Waals surface area contributed by atoms with Crippen LogP contribution in [-0.2, 0) is 0 Å². The van der Waals surface area contributed by atoms with E-state index in [1.54, 1.807) is 31.2 Å². The molecule has 0 aliphatic rings. The van der Waals surface area contributed by atoms with E-state index in [9.17, 15) is 9.90 Å². The lowest BCUT2D eigenvalue weighted by molar-refractivity contribution is 0.0923. The number of hydrogen-bond acceptors (Lipinski definition) is 5. The molecule has 1 heterocycles. The second-order valence-corrected chi connectivity index (χ2v) is 4.76. The van der Waals surface area contributed by atoms with Crippen molar-refractivity contribution < 1.29 is 9.90 Å². The Kier molecular flexibility index (Phi) is 4.41. The molecule has 0 saturated carbocycles.